The molecule has 0 radical (unpaired) electrons. The molecule has 0 unspecified atom stereocenters. The number of nitriles is 1. The van der Waals surface area contributed by atoms with Gasteiger partial charge in [0.15, 0.2) is 0 Å². The van der Waals surface area contributed by atoms with E-state index < -0.39 is 5.97 Å². The first-order valence-corrected chi connectivity index (χ1v) is 9.16. The molecule has 2 aromatic heterocycles. The Morgan fingerprint density at radius 2 is 2.00 bits per heavy atom. The van der Waals surface area contributed by atoms with Gasteiger partial charge in [-0.1, -0.05) is 18.2 Å². The summed E-state index contributed by atoms with van der Waals surface area (Å²) in [4.78, 5) is 16.5. The maximum absolute atomic E-state index is 12.4. The van der Waals surface area contributed by atoms with Crippen molar-refractivity contribution in [2.75, 3.05) is 0 Å². The minimum atomic E-state index is -0.567. The Labute approximate surface area is 172 Å². The third-order valence-corrected chi connectivity index (χ3v) is 4.40. The Hall–Kier alpha value is -4.31. The van der Waals surface area contributed by atoms with E-state index in [4.69, 9.17) is 19.2 Å². The summed E-state index contributed by atoms with van der Waals surface area (Å²) in [5.74, 6) is 0.0667. The number of esters is 1. The number of hydrogen-bond donors (Lipinski definition) is 0. The lowest BCUT2D eigenvalue weighted by Crippen LogP contribution is -2.08. The number of benzene rings is 2. The summed E-state index contributed by atoms with van der Waals surface area (Å²) in [6.45, 7) is 0.240. The van der Waals surface area contributed by atoms with Crippen molar-refractivity contribution in [2.24, 2.45) is 0 Å². The van der Waals surface area contributed by atoms with Crippen LogP contribution in [0.3, 0.4) is 0 Å². The highest BCUT2D eigenvalue weighted by Crippen LogP contribution is 2.19. The van der Waals surface area contributed by atoms with Crippen molar-refractivity contribution in [2.45, 2.75) is 13.2 Å². The number of furan rings is 1. The summed E-state index contributed by atoms with van der Waals surface area (Å²) in [6, 6.07) is 18.1. The average Bonchev–Trinajstić information content (AvgIpc) is 3.49. The largest absolute Gasteiger partial charge is 0.489 e. The van der Waals surface area contributed by atoms with Crippen LogP contribution in [-0.4, -0.2) is 15.5 Å². The fourth-order valence-corrected chi connectivity index (χ4v) is 2.84. The molecule has 0 aliphatic carbocycles. The van der Waals surface area contributed by atoms with E-state index in [1.165, 1.54) is 6.26 Å². The third kappa shape index (κ3) is 4.39. The molecule has 4 aromatic rings. The zero-order valence-corrected chi connectivity index (χ0v) is 15.9. The molecule has 0 saturated heterocycles. The molecule has 2 heterocycles. The maximum atomic E-state index is 12.4. The highest BCUT2D eigenvalue weighted by Gasteiger charge is 2.18. The number of aromatic nitrogens is 2. The summed E-state index contributed by atoms with van der Waals surface area (Å²) < 4.78 is 18.2. The van der Waals surface area contributed by atoms with Crippen molar-refractivity contribution in [1.29, 1.82) is 5.26 Å². The van der Waals surface area contributed by atoms with Crippen LogP contribution in [0.1, 0.15) is 27.2 Å². The molecular formula is C23H17N3O4. The van der Waals surface area contributed by atoms with Crippen LogP contribution in [0.25, 0.3) is 5.69 Å². The summed E-state index contributed by atoms with van der Waals surface area (Å²) in [7, 11) is 0. The SMILES string of the molecule is N#Cc1cccc(OCc2ccoc2C(=O)OCc2ccc(-n3ccnc3)cc2)c1. The van der Waals surface area contributed by atoms with Crippen LogP contribution in [0, 0.1) is 11.3 Å². The van der Waals surface area contributed by atoms with Crippen molar-refractivity contribution in [3.05, 3.63) is 102 Å². The van der Waals surface area contributed by atoms with Crippen LogP contribution in [0.2, 0.25) is 0 Å². The summed E-state index contributed by atoms with van der Waals surface area (Å²) in [6.07, 6.45) is 6.69. The van der Waals surface area contributed by atoms with Gasteiger partial charge in [0.05, 0.1) is 24.2 Å². The number of nitrogens with zero attached hydrogens (tertiary/aromatic N) is 3. The van der Waals surface area contributed by atoms with Crippen LogP contribution in [0.4, 0.5) is 0 Å². The second-order valence-corrected chi connectivity index (χ2v) is 6.42. The number of carbonyl (C=O) groups is 1. The number of rotatable bonds is 7. The lowest BCUT2D eigenvalue weighted by molar-refractivity contribution is 0.0432. The van der Waals surface area contributed by atoms with Gasteiger partial charge in [-0.3, -0.25) is 0 Å². The van der Waals surface area contributed by atoms with E-state index in [0.29, 0.717) is 16.9 Å². The molecule has 2 aromatic carbocycles. The van der Waals surface area contributed by atoms with Crippen LogP contribution in [0.5, 0.6) is 5.75 Å². The number of carbonyl (C=O) groups excluding carboxylic acids is 1. The van der Waals surface area contributed by atoms with Gasteiger partial charge in [0.2, 0.25) is 5.76 Å². The van der Waals surface area contributed by atoms with E-state index >= 15 is 0 Å². The smallest absolute Gasteiger partial charge is 0.374 e. The Bertz CT molecular complexity index is 1170. The summed E-state index contributed by atoms with van der Waals surface area (Å²) in [5, 5.41) is 8.96. The van der Waals surface area contributed by atoms with Crippen molar-refractivity contribution in [3.63, 3.8) is 0 Å². The van der Waals surface area contributed by atoms with E-state index in [1.54, 1.807) is 42.9 Å². The predicted octanol–water partition coefficient (Wildman–Crippen LogP) is 4.27. The van der Waals surface area contributed by atoms with E-state index in [-0.39, 0.29) is 19.0 Å². The van der Waals surface area contributed by atoms with E-state index in [0.717, 1.165) is 11.3 Å². The Balaban J connectivity index is 1.35. The summed E-state index contributed by atoms with van der Waals surface area (Å²) >= 11 is 0. The molecule has 0 saturated carbocycles. The van der Waals surface area contributed by atoms with Crippen LogP contribution >= 0.6 is 0 Å². The van der Waals surface area contributed by atoms with Gasteiger partial charge in [-0.05, 0) is 42.0 Å². The van der Waals surface area contributed by atoms with E-state index in [2.05, 4.69) is 11.1 Å². The second kappa shape index (κ2) is 8.80. The topological polar surface area (TPSA) is 90.3 Å². The van der Waals surface area contributed by atoms with E-state index in [1.807, 2.05) is 35.0 Å². The first-order chi connectivity index (χ1) is 14.7. The molecule has 0 fully saturated rings. The van der Waals surface area contributed by atoms with Gasteiger partial charge in [0.1, 0.15) is 19.0 Å². The molecule has 4 rings (SSSR count). The van der Waals surface area contributed by atoms with Crippen LogP contribution in [0.15, 0.2) is 84.0 Å². The minimum Gasteiger partial charge on any atom is -0.489 e. The first-order valence-electron chi connectivity index (χ1n) is 9.16. The molecule has 0 aliphatic rings. The van der Waals surface area contributed by atoms with Gasteiger partial charge in [-0.25, -0.2) is 9.78 Å². The average molecular weight is 399 g/mol. The number of imidazole rings is 1. The van der Waals surface area contributed by atoms with Gasteiger partial charge in [0, 0.05) is 23.6 Å². The molecule has 0 aliphatic heterocycles. The molecule has 0 bridgehead atoms. The molecule has 30 heavy (non-hydrogen) atoms. The van der Waals surface area contributed by atoms with Crippen molar-refractivity contribution < 1.29 is 18.7 Å². The van der Waals surface area contributed by atoms with Crippen molar-refractivity contribution in [3.8, 4) is 17.5 Å². The molecule has 7 nitrogen and oxygen atoms in total. The first kappa shape index (κ1) is 19.0. The lowest BCUT2D eigenvalue weighted by Gasteiger charge is -2.08. The van der Waals surface area contributed by atoms with Gasteiger partial charge in [-0.2, -0.15) is 5.26 Å². The third-order valence-electron chi connectivity index (χ3n) is 4.40. The Morgan fingerprint density at radius 1 is 1.13 bits per heavy atom. The Morgan fingerprint density at radius 3 is 2.77 bits per heavy atom. The quantitative estimate of drug-likeness (QED) is 0.431. The predicted molar refractivity (Wildman–Crippen MR) is 107 cm³/mol. The standard InChI is InChI=1S/C23H17N3O4/c24-13-18-2-1-3-21(12-18)29-15-19-8-11-28-22(19)23(27)30-14-17-4-6-20(7-5-17)26-10-9-25-16-26/h1-12,16H,14-15H2. The molecule has 0 atom stereocenters. The molecule has 0 spiro atoms. The minimum absolute atomic E-state index is 0.0986. The van der Waals surface area contributed by atoms with Gasteiger partial charge in [0.25, 0.3) is 0 Å². The molecule has 148 valence electrons. The normalized spacial score (nSPS) is 10.4. The molecule has 0 amide bonds. The zero-order chi connectivity index (χ0) is 20.8. The van der Waals surface area contributed by atoms with E-state index in [9.17, 15) is 4.79 Å². The lowest BCUT2D eigenvalue weighted by atomic mass is 10.2. The fraction of sp³-hybridized carbons (Fsp3) is 0.0870. The van der Waals surface area contributed by atoms with Gasteiger partial charge in [-0.15, -0.1) is 0 Å². The highest BCUT2D eigenvalue weighted by molar-refractivity contribution is 5.87. The maximum Gasteiger partial charge on any atom is 0.374 e. The highest BCUT2D eigenvalue weighted by atomic mass is 16.5. The van der Waals surface area contributed by atoms with Crippen molar-refractivity contribution >= 4 is 5.97 Å². The van der Waals surface area contributed by atoms with Crippen LogP contribution in [-0.2, 0) is 18.0 Å². The van der Waals surface area contributed by atoms with Gasteiger partial charge < -0.3 is 18.5 Å². The fourth-order valence-electron chi connectivity index (χ4n) is 2.84. The van der Waals surface area contributed by atoms with Crippen LogP contribution < -0.4 is 4.74 Å². The molecule has 0 N–H and O–H groups in total. The second-order valence-electron chi connectivity index (χ2n) is 6.42. The summed E-state index contributed by atoms with van der Waals surface area (Å²) in [5.41, 5.74) is 2.88. The molecular weight excluding hydrogens is 382 g/mol. The number of hydrogen-bond acceptors (Lipinski definition) is 6. The Kier molecular flexibility index (Phi) is 5.58. The molecule has 7 heteroatoms. The monoisotopic (exact) mass is 399 g/mol. The van der Waals surface area contributed by atoms with Gasteiger partial charge >= 0.3 is 5.97 Å². The number of ether oxygens (including phenoxy) is 2. The zero-order valence-electron chi connectivity index (χ0n) is 15.9. The van der Waals surface area contributed by atoms with Crippen molar-refractivity contribution in [1.82, 2.24) is 9.55 Å².